The van der Waals surface area contributed by atoms with Crippen LogP contribution in [0.3, 0.4) is 0 Å². The number of aryl methyl sites for hydroxylation is 1. The number of amides is 2. The van der Waals surface area contributed by atoms with Crippen LogP contribution in [0.2, 0.25) is 0 Å². The second kappa shape index (κ2) is 7.33. The molecule has 2 aliphatic heterocycles. The molecule has 0 spiro atoms. The molecule has 8 heteroatoms. The second-order valence-electron chi connectivity index (χ2n) is 7.97. The van der Waals surface area contributed by atoms with Crippen molar-refractivity contribution in [3.63, 3.8) is 0 Å². The molecule has 1 aliphatic carbocycles. The van der Waals surface area contributed by atoms with Crippen molar-refractivity contribution in [2.24, 2.45) is 5.92 Å². The summed E-state index contributed by atoms with van der Waals surface area (Å²) < 4.78 is 10.6. The Bertz CT molecular complexity index is 973. The number of benzene rings is 1. The number of aromatic nitrogens is 1. The number of carbonyl (C=O) groups is 2. The molecule has 0 bridgehead atoms. The summed E-state index contributed by atoms with van der Waals surface area (Å²) in [6.45, 7) is 4.05. The van der Waals surface area contributed by atoms with Gasteiger partial charge in [-0.1, -0.05) is 6.92 Å². The van der Waals surface area contributed by atoms with Gasteiger partial charge in [-0.2, -0.15) is 0 Å². The van der Waals surface area contributed by atoms with E-state index in [9.17, 15) is 9.59 Å². The Morgan fingerprint density at radius 3 is 2.97 bits per heavy atom. The van der Waals surface area contributed by atoms with Gasteiger partial charge in [0.15, 0.2) is 16.6 Å². The van der Waals surface area contributed by atoms with Gasteiger partial charge in [0.05, 0.1) is 11.6 Å². The quantitative estimate of drug-likeness (QED) is 0.834. The van der Waals surface area contributed by atoms with E-state index in [-0.39, 0.29) is 24.5 Å². The van der Waals surface area contributed by atoms with Crippen molar-refractivity contribution >= 4 is 28.3 Å². The maximum absolute atomic E-state index is 13.0. The lowest BCUT2D eigenvalue weighted by molar-refractivity contribution is -0.134. The van der Waals surface area contributed by atoms with Gasteiger partial charge in [-0.25, -0.2) is 4.98 Å². The zero-order chi connectivity index (χ0) is 20.0. The molecule has 2 unspecified atom stereocenters. The molecule has 3 heterocycles. The zero-order valence-electron chi connectivity index (χ0n) is 16.3. The molecule has 2 amide bonds. The van der Waals surface area contributed by atoms with Gasteiger partial charge in [-0.15, -0.1) is 11.3 Å². The van der Waals surface area contributed by atoms with E-state index in [1.54, 1.807) is 18.2 Å². The van der Waals surface area contributed by atoms with Crippen LogP contribution in [-0.4, -0.2) is 41.6 Å². The number of hydrogen-bond acceptors (Lipinski definition) is 6. The monoisotopic (exact) mass is 413 g/mol. The third-order valence-electron chi connectivity index (χ3n) is 5.84. The molecule has 1 fully saturated rings. The number of nitrogens with one attached hydrogen (secondary N) is 1. The zero-order valence-corrected chi connectivity index (χ0v) is 17.1. The molecule has 2 aromatic rings. The van der Waals surface area contributed by atoms with E-state index in [0.717, 1.165) is 42.9 Å². The van der Waals surface area contributed by atoms with E-state index >= 15 is 0 Å². The van der Waals surface area contributed by atoms with Gasteiger partial charge in [0.2, 0.25) is 12.7 Å². The number of rotatable bonds is 3. The predicted octanol–water partition coefficient (Wildman–Crippen LogP) is 3.41. The fourth-order valence-electron chi connectivity index (χ4n) is 4.34. The first-order valence-electron chi connectivity index (χ1n) is 10.1. The fourth-order valence-corrected chi connectivity index (χ4v) is 5.37. The van der Waals surface area contributed by atoms with Gasteiger partial charge in [0.25, 0.3) is 5.91 Å². The molecular weight excluding hydrogens is 390 g/mol. The largest absolute Gasteiger partial charge is 0.454 e. The summed E-state index contributed by atoms with van der Waals surface area (Å²) in [6, 6.07) is 5.10. The number of piperidine rings is 1. The lowest BCUT2D eigenvalue weighted by Crippen LogP contribution is -2.41. The summed E-state index contributed by atoms with van der Waals surface area (Å²) in [6.07, 6.45) is 3.91. The molecule has 0 radical (unpaired) electrons. The van der Waals surface area contributed by atoms with Crippen LogP contribution in [0.1, 0.15) is 53.0 Å². The normalized spacial score (nSPS) is 22.4. The van der Waals surface area contributed by atoms with Gasteiger partial charge in [0.1, 0.15) is 0 Å². The number of likely N-dealkylation sites (tertiary alicyclic amines) is 1. The number of nitrogens with zero attached hydrogens (tertiary/aromatic N) is 2. The maximum atomic E-state index is 13.0. The number of fused-ring (bicyclic) bond motifs is 2. The van der Waals surface area contributed by atoms with Crippen LogP contribution in [0.4, 0.5) is 5.13 Å². The van der Waals surface area contributed by atoms with Crippen molar-refractivity contribution in [1.29, 1.82) is 0 Å². The summed E-state index contributed by atoms with van der Waals surface area (Å²) in [4.78, 5) is 33.4. The van der Waals surface area contributed by atoms with Crippen molar-refractivity contribution in [2.45, 2.75) is 38.5 Å². The number of thiazole rings is 1. The highest BCUT2D eigenvalue weighted by molar-refractivity contribution is 7.16. The molecule has 5 rings (SSSR count). The summed E-state index contributed by atoms with van der Waals surface area (Å²) >= 11 is 1.47. The molecule has 0 saturated carbocycles. The van der Waals surface area contributed by atoms with Gasteiger partial charge < -0.3 is 14.4 Å². The van der Waals surface area contributed by atoms with Crippen molar-refractivity contribution < 1.29 is 19.1 Å². The van der Waals surface area contributed by atoms with Crippen LogP contribution in [0.15, 0.2) is 18.2 Å². The number of carbonyl (C=O) groups excluding carboxylic acids is 2. The number of anilines is 1. The third kappa shape index (κ3) is 3.46. The van der Waals surface area contributed by atoms with Crippen LogP contribution in [0, 0.1) is 5.92 Å². The van der Waals surface area contributed by atoms with E-state index in [1.165, 1.54) is 17.8 Å². The molecule has 29 heavy (non-hydrogen) atoms. The third-order valence-corrected chi connectivity index (χ3v) is 6.89. The number of ether oxygens (including phenoxy) is 2. The highest BCUT2D eigenvalue weighted by atomic mass is 32.1. The van der Waals surface area contributed by atoms with E-state index < -0.39 is 0 Å². The Kier molecular flexibility index (Phi) is 4.66. The topological polar surface area (TPSA) is 80.8 Å². The first-order valence-corrected chi connectivity index (χ1v) is 10.9. The summed E-state index contributed by atoms with van der Waals surface area (Å²) in [5.74, 6) is 1.53. The van der Waals surface area contributed by atoms with Crippen LogP contribution in [0.25, 0.3) is 0 Å². The van der Waals surface area contributed by atoms with Gasteiger partial charge >= 0.3 is 0 Å². The molecule has 152 valence electrons. The van der Waals surface area contributed by atoms with E-state index in [4.69, 9.17) is 9.47 Å². The average molecular weight is 413 g/mol. The van der Waals surface area contributed by atoms with E-state index in [0.29, 0.717) is 28.1 Å². The fraction of sp³-hybridized carbons (Fsp3) is 0.476. The van der Waals surface area contributed by atoms with Crippen LogP contribution < -0.4 is 14.8 Å². The van der Waals surface area contributed by atoms with Crippen molar-refractivity contribution in [1.82, 2.24) is 9.88 Å². The minimum Gasteiger partial charge on any atom is -0.454 e. The van der Waals surface area contributed by atoms with Crippen molar-refractivity contribution in [3.05, 3.63) is 34.3 Å². The molecule has 2 atom stereocenters. The lowest BCUT2D eigenvalue weighted by Gasteiger charge is -2.32. The Hall–Kier alpha value is -2.61. The Morgan fingerprint density at radius 1 is 1.24 bits per heavy atom. The first kappa shape index (κ1) is 18.4. The molecule has 1 aromatic heterocycles. The smallest absolute Gasteiger partial charge is 0.257 e. The standard InChI is InChI=1S/C21H23N3O4S/c1-12-3-2-8-24(10-12)20(26)14-5-7-17-18(14)22-21(29-17)23-19(25)13-4-6-15-16(9-13)28-11-27-15/h4,6,9,12,14H,2-3,5,7-8,10-11H2,1H3,(H,22,23,25). The van der Waals surface area contributed by atoms with Crippen LogP contribution in [0.5, 0.6) is 11.5 Å². The highest BCUT2D eigenvalue weighted by Gasteiger charge is 2.36. The van der Waals surface area contributed by atoms with Crippen molar-refractivity contribution in [3.8, 4) is 11.5 Å². The van der Waals surface area contributed by atoms with Crippen LogP contribution in [-0.2, 0) is 11.2 Å². The SMILES string of the molecule is CC1CCCN(C(=O)C2CCc3sc(NC(=O)c4ccc5c(c4)OCO5)nc32)C1. The maximum Gasteiger partial charge on any atom is 0.257 e. The highest BCUT2D eigenvalue weighted by Crippen LogP contribution is 2.40. The van der Waals surface area contributed by atoms with E-state index in [1.807, 2.05) is 4.90 Å². The predicted molar refractivity (Wildman–Crippen MR) is 109 cm³/mol. The minimum atomic E-state index is -0.247. The second-order valence-corrected chi connectivity index (χ2v) is 9.06. The molecule has 1 aromatic carbocycles. The summed E-state index contributed by atoms with van der Waals surface area (Å²) in [5, 5.41) is 3.42. The Morgan fingerprint density at radius 2 is 2.10 bits per heavy atom. The summed E-state index contributed by atoms with van der Waals surface area (Å²) in [7, 11) is 0. The van der Waals surface area contributed by atoms with Gasteiger partial charge in [0, 0.05) is 23.5 Å². The molecule has 1 N–H and O–H groups in total. The lowest BCUT2D eigenvalue weighted by atomic mass is 9.97. The molecule has 3 aliphatic rings. The first-order chi connectivity index (χ1) is 14.1. The van der Waals surface area contributed by atoms with E-state index in [2.05, 4.69) is 17.2 Å². The van der Waals surface area contributed by atoms with Crippen molar-refractivity contribution in [2.75, 3.05) is 25.2 Å². The molecular formula is C21H23N3O4S. The van der Waals surface area contributed by atoms with Gasteiger partial charge in [-0.3, -0.25) is 14.9 Å². The Labute approximate surface area is 173 Å². The molecule has 1 saturated heterocycles. The minimum absolute atomic E-state index is 0.171. The summed E-state index contributed by atoms with van der Waals surface area (Å²) in [5.41, 5.74) is 1.33. The average Bonchev–Trinajstić information content (AvgIpc) is 3.42. The van der Waals surface area contributed by atoms with Gasteiger partial charge in [-0.05, 0) is 49.8 Å². The van der Waals surface area contributed by atoms with Crippen LogP contribution >= 0.6 is 11.3 Å². The number of hydrogen-bond donors (Lipinski definition) is 1. The molecule has 7 nitrogen and oxygen atoms in total. The Balaban J connectivity index is 1.30.